The summed E-state index contributed by atoms with van der Waals surface area (Å²) in [5.74, 6) is 0. The Hall–Kier alpha value is 0.511. The van der Waals surface area contributed by atoms with E-state index in [4.69, 9.17) is 5.73 Å². The molecule has 2 N–H and O–H groups in total. The molecular formula is C7H8BF3KN. The number of aryl methyl sites for hydroxylation is 1. The molecule has 1 rings (SSSR count). The van der Waals surface area contributed by atoms with Crippen molar-refractivity contribution in [3.63, 3.8) is 0 Å². The summed E-state index contributed by atoms with van der Waals surface area (Å²) in [5.41, 5.74) is 5.63. The van der Waals surface area contributed by atoms with Crippen molar-refractivity contribution in [2.24, 2.45) is 0 Å². The average Bonchev–Trinajstić information content (AvgIpc) is 1.92. The molecule has 0 fully saturated rings. The zero-order valence-electron chi connectivity index (χ0n) is 7.52. The Morgan fingerprint density at radius 1 is 1.23 bits per heavy atom. The normalized spacial score (nSPS) is 10.8. The number of anilines is 1. The van der Waals surface area contributed by atoms with Crippen LogP contribution in [0.1, 0.15) is 5.56 Å². The van der Waals surface area contributed by atoms with Crippen LogP contribution in [0.4, 0.5) is 18.6 Å². The molecular weight excluding hydrogens is 205 g/mol. The summed E-state index contributed by atoms with van der Waals surface area (Å²) in [4.78, 5) is 0. The molecule has 6 heteroatoms. The zero-order valence-corrected chi connectivity index (χ0v) is 10.6. The van der Waals surface area contributed by atoms with Crippen molar-refractivity contribution >= 4 is 18.1 Å². The number of hydrogen-bond donors (Lipinski definition) is 1. The van der Waals surface area contributed by atoms with Gasteiger partial charge in [0.2, 0.25) is 0 Å². The van der Waals surface area contributed by atoms with Gasteiger partial charge in [-0.05, 0) is 18.6 Å². The number of nitrogen functional groups attached to an aromatic ring is 1. The Kier molecular flexibility index (Phi) is 5.03. The van der Waals surface area contributed by atoms with Crippen LogP contribution in [-0.4, -0.2) is 6.98 Å². The van der Waals surface area contributed by atoms with Gasteiger partial charge in [0.15, 0.2) is 0 Å². The second-order valence-corrected chi connectivity index (χ2v) is 2.69. The average molecular weight is 213 g/mol. The largest absolute Gasteiger partial charge is 1.00 e. The predicted molar refractivity (Wildman–Crippen MR) is 44.3 cm³/mol. The van der Waals surface area contributed by atoms with Gasteiger partial charge in [-0.25, -0.2) is 0 Å². The topological polar surface area (TPSA) is 26.0 Å². The molecule has 0 amide bonds. The first kappa shape index (κ1) is 13.5. The van der Waals surface area contributed by atoms with Gasteiger partial charge in [0.05, 0.1) is 0 Å². The van der Waals surface area contributed by atoms with Crippen molar-refractivity contribution in [3.8, 4) is 0 Å². The fraction of sp³-hybridized carbons (Fsp3) is 0.143. The minimum Gasteiger partial charge on any atom is -0.445 e. The zero-order chi connectivity index (χ0) is 9.35. The molecule has 0 spiro atoms. The standard InChI is InChI=1S/C7H8BF3N.K/c1-5-4-6(8(9,10)11)2-3-7(5)12;/h2-4H,12H2,1H3;/q-1;+1. The van der Waals surface area contributed by atoms with Crippen LogP contribution in [0.5, 0.6) is 0 Å². The van der Waals surface area contributed by atoms with Crippen molar-refractivity contribution in [2.45, 2.75) is 6.92 Å². The van der Waals surface area contributed by atoms with E-state index in [1.54, 1.807) is 6.92 Å². The molecule has 0 saturated carbocycles. The van der Waals surface area contributed by atoms with Gasteiger partial charge >= 0.3 is 58.4 Å². The number of nitrogens with two attached hydrogens (primary N) is 1. The fourth-order valence-corrected chi connectivity index (χ4v) is 0.902. The summed E-state index contributed by atoms with van der Waals surface area (Å²) in [7, 11) is 0. The second-order valence-electron chi connectivity index (χ2n) is 2.69. The van der Waals surface area contributed by atoms with Crippen LogP contribution < -0.4 is 62.6 Å². The maximum absolute atomic E-state index is 12.1. The Morgan fingerprint density at radius 2 is 1.77 bits per heavy atom. The minimum absolute atomic E-state index is 0. The van der Waals surface area contributed by atoms with Gasteiger partial charge in [0.25, 0.3) is 0 Å². The third-order valence-electron chi connectivity index (χ3n) is 1.67. The molecule has 0 atom stereocenters. The van der Waals surface area contributed by atoms with E-state index in [1.807, 2.05) is 0 Å². The van der Waals surface area contributed by atoms with E-state index in [-0.39, 0.29) is 51.4 Å². The van der Waals surface area contributed by atoms with Crippen LogP contribution in [0.15, 0.2) is 18.2 Å². The monoisotopic (exact) mass is 213 g/mol. The minimum atomic E-state index is -4.89. The number of benzene rings is 1. The van der Waals surface area contributed by atoms with Crippen molar-refractivity contribution < 1.29 is 64.3 Å². The molecule has 0 heterocycles. The molecule has 0 radical (unpaired) electrons. The van der Waals surface area contributed by atoms with Crippen LogP contribution in [0.25, 0.3) is 0 Å². The number of halogens is 3. The molecule has 1 nitrogen and oxygen atoms in total. The molecule has 0 aliphatic carbocycles. The molecule has 0 bridgehead atoms. The van der Waals surface area contributed by atoms with Gasteiger partial charge < -0.3 is 18.7 Å². The quantitative estimate of drug-likeness (QED) is 0.452. The summed E-state index contributed by atoms with van der Waals surface area (Å²) in [6, 6.07) is 3.34. The summed E-state index contributed by atoms with van der Waals surface area (Å²) in [6.07, 6.45) is 0. The van der Waals surface area contributed by atoms with Crippen LogP contribution in [0, 0.1) is 6.92 Å². The van der Waals surface area contributed by atoms with Crippen molar-refractivity contribution in [2.75, 3.05) is 5.73 Å². The summed E-state index contributed by atoms with van der Waals surface area (Å²) in [6.45, 7) is -3.34. The third kappa shape index (κ3) is 3.63. The Bertz CT molecular complexity index is 300. The Morgan fingerprint density at radius 3 is 2.15 bits per heavy atom. The van der Waals surface area contributed by atoms with Gasteiger partial charge in [-0.15, -0.1) is 5.46 Å². The van der Waals surface area contributed by atoms with Crippen LogP contribution in [-0.2, 0) is 0 Å². The first-order chi connectivity index (χ1) is 5.41. The van der Waals surface area contributed by atoms with Gasteiger partial charge in [-0.1, -0.05) is 12.1 Å². The van der Waals surface area contributed by atoms with E-state index >= 15 is 0 Å². The molecule has 0 saturated heterocycles. The van der Waals surface area contributed by atoms with Gasteiger partial charge in [-0.2, -0.15) is 0 Å². The van der Waals surface area contributed by atoms with E-state index in [2.05, 4.69) is 0 Å². The predicted octanol–water partition coefficient (Wildman–Crippen LogP) is -1.36. The fourth-order valence-electron chi connectivity index (χ4n) is 0.902. The van der Waals surface area contributed by atoms with Crippen LogP contribution in [0.3, 0.4) is 0 Å². The van der Waals surface area contributed by atoms with E-state index in [1.165, 1.54) is 6.07 Å². The molecule has 0 unspecified atom stereocenters. The molecule has 1 aromatic carbocycles. The Labute approximate surface area is 117 Å². The number of hydrogen-bond acceptors (Lipinski definition) is 1. The van der Waals surface area contributed by atoms with E-state index in [0.717, 1.165) is 12.1 Å². The first-order valence-electron chi connectivity index (χ1n) is 3.47. The summed E-state index contributed by atoms with van der Waals surface area (Å²) < 4.78 is 36.4. The molecule has 66 valence electrons. The SMILES string of the molecule is Cc1cc([B-](F)(F)F)ccc1N.[K+]. The summed E-state index contributed by atoms with van der Waals surface area (Å²) in [5, 5.41) is 0. The number of rotatable bonds is 1. The molecule has 0 aromatic heterocycles. The van der Waals surface area contributed by atoms with E-state index in [9.17, 15) is 12.9 Å². The van der Waals surface area contributed by atoms with E-state index < -0.39 is 12.4 Å². The van der Waals surface area contributed by atoms with Crippen molar-refractivity contribution in [3.05, 3.63) is 23.8 Å². The van der Waals surface area contributed by atoms with Gasteiger partial charge in [0.1, 0.15) is 0 Å². The molecule has 0 aliphatic heterocycles. The third-order valence-corrected chi connectivity index (χ3v) is 1.67. The Balaban J connectivity index is 0.00000144. The summed E-state index contributed by atoms with van der Waals surface area (Å²) >= 11 is 0. The maximum atomic E-state index is 12.1. The van der Waals surface area contributed by atoms with E-state index in [0.29, 0.717) is 11.3 Å². The smallest absolute Gasteiger partial charge is 0.445 e. The van der Waals surface area contributed by atoms with Crippen molar-refractivity contribution in [1.29, 1.82) is 0 Å². The van der Waals surface area contributed by atoms with Gasteiger partial charge in [0, 0.05) is 5.69 Å². The molecule has 0 aliphatic rings. The van der Waals surface area contributed by atoms with Gasteiger partial charge in [-0.3, -0.25) is 0 Å². The maximum Gasteiger partial charge on any atom is 1.00 e. The van der Waals surface area contributed by atoms with Crippen molar-refractivity contribution in [1.82, 2.24) is 0 Å². The first-order valence-corrected chi connectivity index (χ1v) is 3.47. The molecule has 13 heavy (non-hydrogen) atoms. The van der Waals surface area contributed by atoms with Crippen LogP contribution in [0.2, 0.25) is 0 Å². The molecule has 1 aromatic rings. The second kappa shape index (κ2) is 4.84. The van der Waals surface area contributed by atoms with Crippen LogP contribution >= 0.6 is 0 Å².